The van der Waals surface area contributed by atoms with Crippen molar-refractivity contribution >= 4 is 17.5 Å². The summed E-state index contributed by atoms with van der Waals surface area (Å²) in [6.07, 6.45) is 2.61. The largest absolute Gasteiger partial charge is 0.352 e. The van der Waals surface area contributed by atoms with Crippen molar-refractivity contribution in [2.24, 2.45) is 0 Å². The molecule has 26 heavy (non-hydrogen) atoms. The molecule has 1 N–H and O–H groups in total. The minimum Gasteiger partial charge on any atom is -0.352 e. The molecule has 0 radical (unpaired) electrons. The average molecular weight is 368 g/mol. The molecule has 5 heteroatoms. The van der Waals surface area contributed by atoms with Crippen molar-refractivity contribution in [2.45, 2.75) is 12.8 Å². The van der Waals surface area contributed by atoms with E-state index in [2.05, 4.69) is 27.5 Å². The monoisotopic (exact) mass is 367 g/mol. The number of aromatic nitrogens is 1. The first-order chi connectivity index (χ1) is 12.8. The van der Waals surface area contributed by atoms with Gasteiger partial charge in [-0.15, -0.1) is 0 Å². The van der Waals surface area contributed by atoms with Gasteiger partial charge in [0.1, 0.15) is 5.69 Å². The van der Waals surface area contributed by atoms with Crippen LogP contribution in [-0.4, -0.2) is 36.2 Å². The van der Waals surface area contributed by atoms with Crippen LogP contribution < -0.4 is 5.32 Å². The molecule has 2 heterocycles. The molecule has 2 aromatic carbocycles. The van der Waals surface area contributed by atoms with Gasteiger partial charge < -0.3 is 14.7 Å². The van der Waals surface area contributed by atoms with E-state index in [0.29, 0.717) is 5.02 Å². The highest BCUT2D eigenvalue weighted by Crippen LogP contribution is 2.37. The lowest BCUT2D eigenvalue weighted by molar-refractivity contribution is 0.350. The van der Waals surface area contributed by atoms with Gasteiger partial charge in [-0.2, -0.15) is 0 Å². The van der Waals surface area contributed by atoms with E-state index in [-0.39, 0.29) is 0 Å². The first-order valence-corrected chi connectivity index (χ1v) is 9.46. The molecule has 0 unspecified atom stereocenters. The Morgan fingerprint density at radius 3 is 2.42 bits per heavy atom. The van der Waals surface area contributed by atoms with Crippen molar-refractivity contribution in [3.63, 3.8) is 0 Å². The predicted molar refractivity (Wildman–Crippen MR) is 107 cm³/mol. The minimum atomic E-state index is 0.711. The summed E-state index contributed by atoms with van der Waals surface area (Å²) in [4.78, 5) is 2.48. The zero-order valence-electron chi connectivity index (χ0n) is 14.6. The number of likely N-dealkylation sites (tertiary alicyclic amines) is 1. The Balaban J connectivity index is 1.62. The summed E-state index contributed by atoms with van der Waals surface area (Å²) in [5.41, 5.74) is 3.90. The van der Waals surface area contributed by atoms with E-state index in [1.54, 1.807) is 0 Å². The minimum absolute atomic E-state index is 0.711. The summed E-state index contributed by atoms with van der Waals surface area (Å²) < 4.78 is 5.69. The Kier molecular flexibility index (Phi) is 5.23. The molecule has 1 fully saturated rings. The molecule has 1 aliphatic heterocycles. The Hall–Kier alpha value is -2.30. The fraction of sp³-hybridized carbons (Fsp3) is 0.286. The fourth-order valence-electron chi connectivity index (χ4n) is 3.42. The molecule has 0 aliphatic carbocycles. The van der Waals surface area contributed by atoms with Crippen molar-refractivity contribution in [3.05, 3.63) is 59.6 Å². The molecular formula is C21H22ClN3O. The van der Waals surface area contributed by atoms with Crippen LogP contribution in [0.3, 0.4) is 0 Å². The van der Waals surface area contributed by atoms with Gasteiger partial charge in [0.05, 0.1) is 5.56 Å². The smallest absolute Gasteiger partial charge is 0.233 e. The average Bonchev–Trinajstić information content (AvgIpc) is 3.33. The second-order valence-corrected chi connectivity index (χ2v) is 7.02. The Labute approximate surface area is 158 Å². The van der Waals surface area contributed by atoms with E-state index in [1.165, 1.54) is 25.9 Å². The van der Waals surface area contributed by atoms with Crippen LogP contribution in [0.2, 0.25) is 5.02 Å². The van der Waals surface area contributed by atoms with E-state index in [0.717, 1.165) is 41.4 Å². The van der Waals surface area contributed by atoms with Crippen LogP contribution in [0.25, 0.3) is 22.4 Å². The second-order valence-electron chi connectivity index (χ2n) is 6.58. The Bertz CT molecular complexity index is 839. The lowest BCUT2D eigenvalue weighted by atomic mass is 10.0. The van der Waals surface area contributed by atoms with E-state index in [1.807, 2.05) is 42.5 Å². The third kappa shape index (κ3) is 3.76. The molecule has 0 spiro atoms. The number of anilines is 1. The molecule has 0 bridgehead atoms. The summed E-state index contributed by atoms with van der Waals surface area (Å²) in [7, 11) is 0. The lowest BCUT2D eigenvalue weighted by Gasteiger charge is -2.14. The zero-order valence-corrected chi connectivity index (χ0v) is 15.4. The van der Waals surface area contributed by atoms with Crippen LogP contribution in [0, 0.1) is 0 Å². The van der Waals surface area contributed by atoms with Gasteiger partial charge in [0.2, 0.25) is 5.88 Å². The lowest BCUT2D eigenvalue weighted by Crippen LogP contribution is -2.25. The molecule has 1 aliphatic rings. The van der Waals surface area contributed by atoms with Crippen molar-refractivity contribution < 1.29 is 4.52 Å². The third-order valence-corrected chi connectivity index (χ3v) is 5.04. The maximum atomic E-state index is 6.03. The molecule has 1 saturated heterocycles. The Morgan fingerprint density at radius 2 is 1.69 bits per heavy atom. The van der Waals surface area contributed by atoms with Gasteiger partial charge in [0.25, 0.3) is 0 Å². The van der Waals surface area contributed by atoms with Gasteiger partial charge in [-0.3, -0.25) is 0 Å². The van der Waals surface area contributed by atoms with Gasteiger partial charge in [0.15, 0.2) is 0 Å². The first-order valence-electron chi connectivity index (χ1n) is 9.08. The molecule has 134 valence electrons. The molecular weight excluding hydrogens is 346 g/mol. The van der Waals surface area contributed by atoms with Crippen molar-refractivity contribution in [1.29, 1.82) is 0 Å². The van der Waals surface area contributed by atoms with Crippen molar-refractivity contribution in [1.82, 2.24) is 10.1 Å². The number of nitrogens with one attached hydrogen (secondary N) is 1. The summed E-state index contributed by atoms with van der Waals surface area (Å²) in [6.45, 7) is 4.25. The van der Waals surface area contributed by atoms with Gasteiger partial charge in [-0.05, 0) is 43.6 Å². The van der Waals surface area contributed by atoms with Crippen LogP contribution in [0.5, 0.6) is 0 Å². The molecule has 0 saturated carbocycles. The van der Waals surface area contributed by atoms with Gasteiger partial charge >= 0.3 is 0 Å². The van der Waals surface area contributed by atoms with Gasteiger partial charge in [-0.25, -0.2) is 0 Å². The van der Waals surface area contributed by atoms with Gasteiger partial charge in [-0.1, -0.05) is 59.2 Å². The van der Waals surface area contributed by atoms with Crippen LogP contribution in [0.1, 0.15) is 12.8 Å². The highest BCUT2D eigenvalue weighted by atomic mass is 35.5. The van der Waals surface area contributed by atoms with Crippen LogP contribution in [-0.2, 0) is 0 Å². The highest BCUT2D eigenvalue weighted by Gasteiger charge is 2.19. The van der Waals surface area contributed by atoms with Crippen LogP contribution in [0.4, 0.5) is 5.88 Å². The third-order valence-electron chi connectivity index (χ3n) is 4.78. The normalized spacial score (nSPS) is 14.7. The van der Waals surface area contributed by atoms with Crippen molar-refractivity contribution in [2.75, 3.05) is 31.5 Å². The van der Waals surface area contributed by atoms with E-state index >= 15 is 0 Å². The van der Waals surface area contributed by atoms with Gasteiger partial charge in [0, 0.05) is 23.7 Å². The quantitative estimate of drug-likeness (QED) is 0.652. The number of halogens is 1. The zero-order chi connectivity index (χ0) is 17.8. The summed E-state index contributed by atoms with van der Waals surface area (Å²) in [5.74, 6) is 0.723. The second kappa shape index (κ2) is 7.94. The molecule has 4 nitrogen and oxygen atoms in total. The molecule has 1 aromatic heterocycles. The first kappa shape index (κ1) is 17.1. The predicted octanol–water partition coefficient (Wildman–Crippen LogP) is 5.17. The number of hydrogen-bond donors (Lipinski definition) is 1. The molecule has 4 rings (SSSR count). The fourth-order valence-corrected chi connectivity index (χ4v) is 3.55. The topological polar surface area (TPSA) is 41.3 Å². The molecule has 3 aromatic rings. The number of rotatable bonds is 6. The van der Waals surface area contributed by atoms with E-state index in [4.69, 9.17) is 16.1 Å². The maximum Gasteiger partial charge on any atom is 0.233 e. The highest BCUT2D eigenvalue weighted by molar-refractivity contribution is 6.30. The van der Waals surface area contributed by atoms with E-state index < -0.39 is 0 Å². The number of benzene rings is 2. The van der Waals surface area contributed by atoms with E-state index in [9.17, 15) is 0 Å². The molecule has 0 amide bonds. The Morgan fingerprint density at radius 1 is 0.962 bits per heavy atom. The van der Waals surface area contributed by atoms with Crippen LogP contribution >= 0.6 is 11.6 Å². The standard InChI is InChI=1S/C21H22ClN3O/c22-18-10-8-17(9-11-18)20-19(16-6-2-1-3-7-16)21(26-24-20)23-12-15-25-13-4-5-14-25/h1-3,6-11,23H,4-5,12-15H2. The summed E-state index contributed by atoms with van der Waals surface area (Å²) in [6, 6.07) is 17.9. The number of nitrogens with zero attached hydrogens (tertiary/aromatic N) is 2. The molecule has 0 atom stereocenters. The maximum absolute atomic E-state index is 6.03. The van der Waals surface area contributed by atoms with Crippen LogP contribution in [0.15, 0.2) is 59.1 Å². The van der Waals surface area contributed by atoms with Crippen molar-refractivity contribution in [3.8, 4) is 22.4 Å². The summed E-state index contributed by atoms with van der Waals surface area (Å²) in [5, 5.41) is 8.50. The SMILES string of the molecule is Clc1ccc(-c2noc(NCCN3CCCC3)c2-c2ccccc2)cc1. The summed E-state index contributed by atoms with van der Waals surface area (Å²) >= 11 is 6.03. The number of hydrogen-bond acceptors (Lipinski definition) is 4.